The first-order valence-electron chi connectivity index (χ1n) is 10.1. The Kier molecular flexibility index (Phi) is 5.24. The van der Waals surface area contributed by atoms with Gasteiger partial charge in [0.15, 0.2) is 5.82 Å². The van der Waals surface area contributed by atoms with Crippen molar-refractivity contribution >= 4 is 15.9 Å². The van der Waals surface area contributed by atoms with Crippen LogP contribution in [0.4, 0.5) is 0 Å². The summed E-state index contributed by atoms with van der Waals surface area (Å²) >= 11 is 0. The number of piperidine rings is 1. The summed E-state index contributed by atoms with van der Waals surface area (Å²) in [7, 11) is -3.21. The maximum atomic E-state index is 12.9. The minimum absolute atomic E-state index is 0.0346. The lowest BCUT2D eigenvalue weighted by molar-refractivity contribution is 0.0703. The number of furan rings is 1. The zero-order valence-corrected chi connectivity index (χ0v) is 17.9. The molecule has 2 aliphatic heterocycles. The second-order valence-electron chi connectivity index (χ2n) is 7.78. The highest BCUT2D eigenvalue weighted by atomic mass is 32.2. The predicted molar refractivity (Wildman–Crippen MR) is 106 cm³/mol. The van der Waals surface area contributed by atoms with E-state index in [2.05, 4.69) is 14.8 Å². The number of aromatic nitrogens is 3. The molecule has 0 radical (unpaired) electrons. The summed E-state index contributed by atoms with van der Waals surface area (Å²) in [5.74, 6) is 3.00. The van der Waals surface area contributed by atoms with Crippen LogP contribution < -0.4 is 0 Å². The fourth-order valence-electron chi connectivity index (χ4n) is 4.26. The second kappa shape index (κ2) is 7.56. The van der Waals surface area contributed by atoms with Crippen LogP contribution in [-0.2, 0) is 23.1 Å². The number of carbonyl (C=O) groups excluding carboxylic acids is 1. The highest BCUT2D eigenvalue weighted by Crippen LogP contribution is 2.29. The molecule has 29 heavy (non-hydrogen) atoms. The van der Waals surface area contributed by atoms with Crippen LogP contribution >= 0.6 is 0 Å². The Balaban J connectivity index is 1.51. The number of fused-ring (bicyclic) bond motifs is 1. The van der Waals surface area contributed by atoms with Crippen LogP contribution in [0.5, 0.6) is 0 Å². The van der Waals surface area contributed by atoms with Crippen molar-refractivity contribution in [2.24, 2.45) is 0 Å². The van der Waals surface area contributed by atoms with Gasteiger partial charge in [-0.2, -0.15) is 0 Å². The van der Waals surface area contributed by atoms with Gasteiger partial charge in [-0.15, -0.1) is 10.2 Å². The summed E-state index contributed by atoms with van der Waals surface area (Å²) in [5, 5.41) is 8.71. The van der Waals surface area contributed by atoms with E-state index in [0.29, 0.717) is 44.0 Å². The number of hydrogen-bond acceptors (Lipinski definition) is 6. The van der Waals surface area contributed by atoms with Crippen molar-refractivity contribution < 1.29 is 17.6 Å². The van der Waals surface area contributed by atoms with Gasteiger partial charge in [0.05, 0.1) is 17.9 Å². The number of hydrogen-bond donors (Lipinski definition) is 0. The van der Waals surface area contributed by atoms with Gasteiger partial charge in [-0.1, -0.05) is 0 Å². The molecule has 0 spiro atoms. The smallest absolute Gasteiger partial charge is 0.257 e. The second-order valence-corrected chi connectivity index (χ2v) is 10.0. The Hall–Kier alpha value is -2.20. The largest absolute Gasteiger partial charge is 0.466 e. The zero-order valence-electron chi connectivity index (χ0n) is 17.1. The molecule has 9 nitrogen and oxygen atoms in total. The number of amides is 1. The van der Waals surface area contributed by atoms with Crippen LogP contribution in [0.25, 0.3) is 0 Å². The monoisotopic (exact) mass is 421 g/mol. The summed E-state index contributed by atoms with van der Waals surface area (Å²) in [6.07, 6.45) is 1.71. The van der Waals surface area contributed by atoms with Crippen molar-refractivity contribution in [3.8, 4) is 0 Å². The molecule has 0 saturated carbocycles. The number of sulfonamides is 1. The van der Waals surface area contributed by atoms with Crippen molar-refractivity contribution in [2.75, 3.05) is 25.4 Å². The quantitative estimate of drug-likeness (QED) is 0.744. The summed E-state index contributed by atoms with van der Waals surface area (Å²) < 4.78 is 33.7. The molecule has 10 heteroatoms. The van der Waals surface area contributed by atoms with Crippen molar-refractivity contribution in [1.82, 2.24) is 24.0 Å². The van der Waals surface area contributed by atoms with E-state index in [1.807, 2.05) is 6.92 Å². The van der Waals surface area contributed by atoms with Gasteiger partial charge in [0.2, 0.25) is 10.0 Å². The fraction of sp³-hybridized carbons (Fsp3) is 0.632. The van der Waals surface area contributed by atoms with E-state index >= 15 is 0 Å². The maximum Gasteiger partial charge on any atom is 0.257 e. The van der Waals surface area contributed by atoms with Gasteiger partial charge < -0.3 is 13.9 Å². The van der Waals surface area contributed by atoms with Crippen LogP contribution in [0.3, 0.4) is 0 Å². The van der Waals surface area contributed by atoms with E-state index in [1.165, 1.54) is 0 Å². The molecule has 1 atom stereocenters. The first-order valence-corrected chi connectivity index (χ1v) is 11.7. The third-order valence-electron chi connectivity index (χ3n) is 5.85. The van der Waals surface area contributed by atoms with Crippen molar-refractivity contribution in [1.29, 1.82) is 0 Å². The molecule has 4 heterocycles. The van der Waals surface area contributed by atoms with Gasteiger partial charge in [-0.05, 0) is 39.7 Å². The highest BCUT2D eigenvalue weighted by molar-refractivity contribution is 7.89. The molecular weight excluding hydrogens is 394 g/mol. The molecule has 2 aromatic rings. The van der Waals surface area contributed by atoms with Gasteiger partial charge in [-0.25, -0.2) is 12.7 Å². The van der Waals surface area contributed by atoms with Crippen LogP contribution in [0.1, 0.15) is 59.2 Å². The minimum atomic E-state index is -3.21. The molecule has 2 aliphatic rings. The van der Waals surface area contributed by atoms with E-state index in [1.54, 1.807) is 29.1 Å². The number of rotatable bonds is 4. The van der Waals surface area contributed by atoms with Crippen molar-refractivity contribution in [2.45, 2.75) is 52.6 Å². The normalized spacial score (nSPS) is 20.7. The Bertz CT molecular complexity index is 1030. The molecule has 1 unspecified atom stereocenters. The molecule has 0 N–H and O–H groups in total. The minimum Gasteiger partial charge on any atom is -0.466 e. The SMILES string of the molecule is CCS(=O)(=O)N1CCCC(c2nnc3n2CCN(C(=O)c2cc(C)oc2C)C3)C1. The summed E-state index contributed by atoms with van der Waals surface area (Å²) in [4.78, 5) is 14.6. The van der Waals surface area contributed by atoms with Crippen LogP contribution in [0.2, 0.25) is 0 Å². The van der Waals surface area contributed by atoms with Crippen LogP contribution in [0.15, 0.2) is 10.5 Å². The van der Waals surface area contributed by atoms with Gasteiger partial charge in [-0.3, -0.25) is 4.79 Å². The molecular formula is C19H27N5O4S. The third kappa shape index (κ3) is 3.71. The predicted octanol–water partition coefficient (Wildman–Crippen LogP) is 1.67. The number of nitrogens with zero attached hydrogens (tertiary/aromatic N) is 5. The first kappa shape index (κ1) is 20.1. The van der Waals surface area contributed by atoms with Crippen molar-refractivity contribution in [3.05, 3.63) is 34.8 Å². The molecule has 0 aliphatic carbocycles. The number of carbonyl (C=O) groups is 1. The molecule has 4 rings (SSSR count). The Morgan fingerprint density at radius 1 is 1.24 bits per heavy atom. The Morgan fingerprint density at radius 2 is 2.03 bits per heavy atom. The zero-order chi connectivity index (χ0) is 20.8. The highest BCUT2D eigenvalue weighted by Gasteiger charge is 2.34. The van der Waals surface area contributed by atoms with E-state index in [0.717, 1.165) is 30.3 Å². The topological polar surface area (TPSA) is 102 Å². The van der Waals surface area contributed by atoms with Crippen molar-refractivity contribution in [3.63, 3.8) is 0 Å². The van der Waals surface area contributed by atoms with E-state index in [-0.39, 0.29) is 17.6 Å². The summed E-state index contributed by atoms with van der Waals surface area (Å²) in [6.45, 7) is 7.87. The molecule has 1 amide bonds. The lowest BCUT2D eigenvalue weighted by atomic mass is 9.98. The standard InChI is InChI=1S/C19H27N5O4S/c1-4-29(26,27)23-7-5-6-15(11-23)18-21-20-17-12-22(8-9-24(17)18)19(25)16-10-13(2)28-14(16)3/h10,15H,4-9,11-12H2,1-3H3. The first-order chi connectivity index (χ1) is 13.8. The lowest BCUT2D eigenvalue weighted by Gasteiger charge is -2.33. The average molecular weight is 422 g/mol. The molecule has 0 aromatic carbocycles. The van der Waals surface area contributed by atoms with Crippen LogP contribution in [0, 0.1) is 13.8 Å². The summed E-state index contributed by atoms with van der Waals surface area (Å²) in [6, 6.07) is 1.77. The Morgan fingerprint density at radius 3 is 2.72 bits per heavy atom. The van der Waals surface area contributed by atoms with E-state index in [4.69, 9.17) is 4.42 Å². The fourth-order valence-corrected chi connectivity index (χ4v) is 5.44. The number of aryl methyl sites for hydroxylation is 2. The molecule has 2 aromatic heterocycles. The summed E-state index contributed by atoms with van der Waals surface area (Å²) in [5.41, 5.74) is 0.586. The van der Waals surface area contributed by atoms with Gasteiger partial charge in [0.25, 0.3) is 5.91 Å². The molecule has 1 fully saturated rings. The molecule has 1 saturated heterocycles. The average Bonchev–Trinajstić information content (AvgIpc) is 3.29. The maximum absolute atomic E-state index is 12.9. The Labute approximate surface area is 170 Å². The third-order valence-corrected chi connectivity index (χ3v) is 7.70. The van der Waals surface area contributed by atoms with Gasteiger partial charge >= 0.3 is 0 Å². The van der Waals surface area contributed by atoms with Crippen LogP contribution in [-0.4, -0.2) is 63.7 Å². The molecule has 158 valence electrons. The van der Waals surface area contributed by atoms with Gasteiger partial charge in [0.1, 0.15) is 17.3 Å². The van der Waals surface area contributed by atoms with E-state index in [9.17, 15) is 13.2 Å². The van der Waals surface area contributed by atoms with E-state index < -0.39 is 10.0 Å². The lowest BCUT2D eigenvalue weighted by Crippen LogP contribution is -2.42. The van der Waals surface area contributed by atoms with Gasteiger partial charge in [0, 0.05) is 32.1 Å². The molecule has 0 bridgehead atoms.